The van der Waals surface area contributed by atoms with Gasteiger partial charge in [-0.25, -0.2) is 0 Å². The molecule has 2 fully saturated rings. The van der Waals surface area contributed by atoms with E-state index in [2.05, 4.69) is 11.8 Å². The Bertz CT molecular complexity index is 269. The summed E-state index contributed by atoms with van der Waals surface area (Å²) in [6.07, 6.45) is 5.22. The van der Waals surface area contributed by atoms with Gasteiger partial charge in [0.25, 0.3) is 0 Å². The minimum absolute atomic E-state index is 0.0322. The lowest BCUT2D eigenvalue weighted by molar-refractivity contribution is -0.141. The average Bonchev–Trinajstić information content (AvgIpc) is 2.73. The number of likely N-dealkylation sites (tertiary alicyclic amines) is 1. The second-order valence-electron chi connectivity index (χ2n) is 5.30. The molecule has 17 heavy (non-hydrogen) atoms. The number of nitrogens with zero attached hydrogens (tertiary/aromatic N) is 1. The molecule has 4 nitrogen and oxygen atoms in total. The predicted octanol–water partition coefficient (Wildman–Crippen LogP) is 1.17. The number of aliphatic hydroxyl groups excluding tert-OH is 1. The normalized spacial score (nSPS) is 34.9. The first-order valence-electron chi connectivity index (χ1n) is 6.75. The van der Waals surface area contributed by atoms with Gasteiger partial charge in [-0.15, -0.1) is 0 Å². The third-order valence-corrected chi connectivity index (χ3v) is 4.18. The van der Waals surface area contributed by atoms with E-state index in [1.807, 2.05) is 0 Å². The van der Waals surface area contributed by atoms with Gasteiger partial charge in [-0.2, -0.15) is 0 Å². The number of esters is 1. The number of ether oxygens (including phenoxy) is 1. The van der Waals surface area contributed by atoms with Crippen molar-refractivity contribution in [1.29, 1.82) is 0 Å². The molecule has 0 aromatic heterocycles. The monoisotopic (exact) mass is 241 g/mol. The average molecular weight is 241 g/mol. The minimum Gasteiger partial charge on any atom is -0.465 e. The number of hydrogen-bond donors (Lipinski definition) is 1. The van der Waals surface area contributed by atoms with Crippen molar-refractivity contribution in [3.63, 3.8) is 0 Å². The molecular weight excluding hydrogens is 218 g/mol. The highest BCUT2D eigenvalue weighted by Gasteiger charge is 2.31. The first-order valence-corrected chi connectivity index (χ1v) is 6.75. The SMILES string of the molecule is CC1CCCC(CO)N1CCC1CCOC1=O. The molecule has 0 saturated carbocycles. The fourth-order valence-corrected chi connectivity index (χ4v) is 3.04. The van der Waals surface area contributed by atoms with Gasteiger partial charge in [0.15, 0.2) is 0 Å². The summed E-state index contributed by atoms with van der Waals surface area (Å²) < 4.78 is 4.98. The summed E-state index contributed by atoms with van der Waals surface area (Å²) in [7, 11) is 0. The molecule has 0 aromatic rings. The number of aliphatic hydroxyl groups is 1. The molecule has 0 spiro atoms. The van der Waals surface area contributed by atoms with Crippen LogP contribution in [0.3, 0.4) is 0 Å². The van der Waals surface area contributed by atoms with Crippen molar-refractivity contribution in [3.8, 4) is 0 Å². The summed E-state index contributed by atoms with van der Waals surface area (Å²) >= 11 is 0. The van der Waals surface area contributed by atoms with Crippen molar-refractivity contribution >= 4 is 5.97 Å². The van der Waals surface area contributed by atoms with Crippen LogP contribution in [0.15, 0.2) is 0 Å². The quantitative estimate of drug-likeness (QED) is 0.751. The zero-order chi connectivity index (χ0) is 12.3. The molecule has 0 bridgehead atoms. The van der Waals surface area contributed by atoms with Crippen LogP contribution in [0.25, 0.3) is 0 Å². The standard InChI is InChI=1S/C13H23NO3/c1-10-3-2-4-12(9-15)14(10)7-5-11-6-8-17-13(11)16/h10-12,15H,2-9H2,1H3. The van der Waals surface area contributed by atoms with E-state index in [-0.39, 0.29) is 24.5 Å². The van der Waals surface area contributed by atoms with Crippen molar-refractivity contribution in [2.24, 2.45) is 5.92 Å². The van der Waals surface area contributed by atoms with E-state index >= 15 is 0 Å². The van der Waals surface area contributed by atoms with Crippen molar-refractivity contribution in [1.82, 2.24) is 4.90 Å². The number of carbonyl (C=O) groups excluding carboxylic acids is 1. The molecule has 3 atom stereocenters. The second kappa shape index (κ2) is 5.83. The molecule has 2 heterocycles. The largest absolute Gasteiger partial charge is 0.465 e. The van der Waals surface area contributed by atoms with Gasteiger partial charge < -0.3 is 9.84 Å². The van der Waals surface area contributed by atoms with E-state index in [0.29, 0.717) is 12.6 Å². The summed E-state index contributed by atoms with van der Waals surface area (Å²) in [5.74, 6) is 0.0543. The number of carbonyl (C=O) groups is 1. The Morgan fingerprint density at radius 1 is 1.41 bits per heavy atom. The maximum atomic E-state index is 11.4. The van der Waals surface area contributed by atoms with E-state index in [9.17, 15) is 9.90 Å². The number of rotatable bonds is 4. The molecule has 0 aromatic carbocycles. The van der Waals surface area contributed by atoms with E-state index in [1.54, 1.807) is 0 Å². The zero-order valence-electron chi connectivity index (χ0n) is 10.6. The Balaban J connectivity index is 1.84. The van der Waals surface area contributed by atoms with Crippen LogP contribution in [0.5, 0.6) is 0 Å². The third-order valence-electron chi connectivity index (χ3n) is 4.18. The van der Waals surface area contributed by atoms with Gasteiger partial charge in [0, 0.05) is 12.1 Å². The lowest BCUT2D eigenvalue weighted by Gasteiger charge is -2.40. The fraction of sp³-hybridized carbons (Fsp3) is 0.923. The van der Waals surface area contributed by atoms with Crippen molar-refractivity contribution in [2.45, 2.75) is 51.1 Å². The Labute approximate surface area is 103 Å². The molecule has 2 saturated heterocycles. The molecule has 0 amide bonds. The van der Waals surface area contributed by atoms with E-state index in [0.717, 1.165) is 25.8 Å². The number of piperidine rings is 1. The molecule has 0 radical (unpaired) electrons. The van der Waals surface area contributed by atoms with Crippen molar-refractivity contribution in [3.05, 3.63) is 0 Å². The summed E-state index contributed by atoms with van der Waals surface area (Å²) in [6, 6.07) is 0.814. The van der Waals surface area contributed by atoms with E-state index in [1.165, 1.54) is 12.8 Å². The maximum absolute atomic E-state index is 11.4. The van der Waals surface area contributed by atoms with Crippen LogP contribution in [0.4, 0.5) is 0 Å². The molecule has 2 aliphatic heterocycles. The van der Waals surface area contributed by atoms with Crippen LogP contribution in [0.1, 0.15) is 39.0 Å². The highest BCUT2D eigenvalue weighted by molar-refractivity contribution is 5.74. The Kier molecular flexibility index (Phi) is 4.40. The van der Waals surface area contributed by atoms with Crippen LogP contribution in [0.2, 0.25) is 0 Å². The molecule has 98 valence electrons. The predicted molar refractivity (Wildman–Crippen MR) is 64.6 cm³/mol. The van der Waals surface area contributed by atoms with Gasteiger partial charge in [0.2, 0.25) is 0 Å². The third kappa shape index (κ3) is 2.99. The molecule has 1 N–H and O–H groups in total. The van der Waals surface area contributed by atoms with Crippen molar-refractivity contribution < 1.29 is 14.6 Å². The van der Waals surface area contributed by atoms with Crippen LogP contribution < -0.4 is 0 Å². The Hall–Kier alpha value is -0.610. The summed E-state index contributed by atoms with van der Waals surface area (Å²) in [5, 5.41) is 9.39. The van der Waals surface area contributed by atoms with Gasteiger partial charge in [-0.05, 0) is 39.2 Å². The molecular formula is C13H23NO3. The maximum Gasteiger partial charge on any atom is 0.309 e. The number of cyclic esters (lactones) is 1. The van der Waals surface area contributed by atoms with Crippen LogP contribution in [-0.4, -0.2) is 47.8 Å². The van der Waals surface area contributed by atoms with Crippen LogP contribution in [0, 0.1) is 5.92 Å². The molecule has 0 aliphatic carbocycles. The Morgan fingerprint density at radius 2 is 2.24 bits per heavy atom. The van der Waals surface area contributed by atoms with E-state index < -0.39 is 0 Å². The molecule has 3 unspecified atom stereocenters. The highest BCUT2D eigenvalue weighted by atomic mass is 16.5. The summed E-state index contributed by atoms with van der Waals surface area (Å²) in [6.45, 7) is 3.95. The van der Waals surface area contributed by atoms with Gasteiger partial charge >= 0.3 is 5.97 Å². The number of hydrogen-bond acceptors (Lipinski definition) is 4. The molecule has 2 rings (SSSR count). The van der Waals surface area contributed by atoms with E-state index in [4.69, 9.17) is 4.74 Å². The molecule has 4 heteroatoms. The lowest BCUT2D eigenvalue weighted by Crippen LogP contribution is -2.47. The van der Waals surface area contributed by atoms with Crippen LogP contribution in [-0.2, 0) is 9.53 Å². The summed E-state index contributed by atoms with van der Waals surface area (Å²) in [4.78, 5) is 13.8. The minimum atomic E-state index is -0.0322. The van der Waals surface area contributed by atoms with Gasteiger partial charge in [0.1, 0.15) is 0 Å². The van der Waals surface area contributed by atoms with Gasteiger partial charge in [-0.3, -0.25) is 9.69 Å². The van der Waals surface area contributed by atoms with Gasteiger partial charge in [-0.1, -0.05) is 6.42 Å². The fourth-order valence-electron chi connectivity index (χ4n) is 3.04. The zero-order valence-corrected chi connectivity index (χ0v) is 10.6. The lowest BCUT2D eigenvalue weighted by atomic mass is 9.95. The van der Waals surface area contributed by atoms with Gasteiger partial charge in [0.05, 0.1) is 19.1 Å². The second-order valence-corrected chi connectivity index (χ2v) is 5.30. The summed E-state index contributed by atoms with van der Waals surface area (Å²) in [5.41, 5.74) is 0. The van der Waals surface area contributed by atoms with Crippen molar-refractivity contribution in [2.75, 3.05) is 19.8 Å². The molecule has 2 aliphatic rings. The van der Waals surface area contributed by atoms with Crippen LogP contribution >= 0.6 is 0 Å². The first kappa shape index (κ1) is 12.8. The topological polar surface area (TPSA) is 49.8 Å². The highest BCUT2D eigenvalue weighted by Crippen LogP contribution is 2.25. The Morgan fingerprint density at radius 3 is 2.88 bits per heavy atom. The smallest absolute Gasteiger partial charge is 0.309 e. The first-order chi connectivity index (χ1) is 8.22.